The van der Waals surface area contributed by atoms with Gasteiger partial charge in [0.05, 0.1) is 26.4 Å². The lowest BCUT2D eigenvalue weighted by atomic mass is 9.77. The van der Waals surface area contributed by atoms with Crippen molar-refractivity contribution in [3.05, 3.63) is 24.3 Å². The third kappa shape index (κ3) is 17.6. The Balaban J connectivity index is 2.31. The predicted octanol–water partition coefficient (Wildman–Crippen LogP) is 4.78. The van der Waals surface area contributed by atoms with Crippen molar-refractivity contribution in [3.8, 4) is 0 Å². The number of aliphatic hydroxyl groups is 3. The number of unbranched alkanes of at least 4 members (excludes halogenated alkanes) is 8. The maximum absolute atomic E-state index is 13.4. The standard InChI is InChI=1S/C34H60N2O7/c1-2-3-4-5-6-7-8-9-10-11-12-13-14-15-16-21-32(40)43-29-25-36(24-28-39)34(42)31-20-18-17-19-30(31)33(41)35(22-26-37)23-27-38/h6-7,9-10,30-31,37-39H,2-5,8,11-29H2,1H3/b7-6-,10-9-. The van der Waals surface area contributed by atoms with Gasteiger partial charge < -0.3 is 29.9 Å². The van der Waals surface area contributed by atoms with Gasteiger partial charge in [-0.25, -0.2) is 0 Å². The second kappa shape index (κ2) is 26.2. The molecule has 1 fully saturated rings. The quantitative estimate of drug-likeness (QED) is 0.0773. The number of carbonyl (C=O) groups is 3. The van der Waals surface area contributed by atoms with Crippen LogP contribution in [0.4, 0.5) is 0 Å². The lowest BCUT2D eigenvalue weighted by Crippen LogP contribution is -2.49. The lowest BCUT2D eigenvalue weighted by Gasteiger charge is -2.36. The first-order valence-electron chi connectivity index (χ1n) is 16.9. The summed E-state index contributed by atoms with van der Waals surface area (Å²) in [5, 5.41) is 28.2. The number of rotatable bonds is 25. The first kappa shape index (κ1) is 38.8. The molecular formula is C34H60N2O7. The number of nitrogens with zero attached hydrogens (tertiary/aromatic N) is 2. The molecule has 0 bridgehead atoms. The van der Waals surface area contributed by atoms with Crippen LogP contribution in [0.15, 0.2) is 24.3 Å². The van der Waals surface area contributed by atoms with Crippen LogP contribution in [0.1, 0.15) is 110 Å². The number of allylic oxidation sites excluding steroid dienone is 4. The Morgan fingerprint density at radius 2 is 1.16 bits per heavy atom. The van der Waals surface area contributed by atoms with Gasteiger partial charge in [0.2, 0.25) is 11.8 Å². The van der Waals surface area contributed by atoms with Gasteiger partial charge in [0.25, 0.3) is 0 Å². The fraction of sp³-hybridized carbons (Fsp3) is 0.794. The average molecular weight is 609 g/mol. The van der Waals surface area contributed by atoms with Crippen molar-refractivity contribution in [2.75, 3.05) is 52.6 Å². The van der Waals surface area contributed by atoms with Crippen LogP contribution in [-0.4, -0.2) is 95.5 Å². The normalized spacial score (nSPS) is 17.0. The monoisotopic (exact) mass is 608 g/mol. The van der Waals surface area contributed by atoms with E-state index >= 15 is 0 Å². The predicted molar refractivity (Wildman–Crippen MR) is 170 cm³/mol. The molecule has 9 nitrogen and oxygen atoms in total. The fourth-order valence-electron chi connectivity index (χ4n) is 5.64. The number of aliphatic hydroxyl groups excluding tert-OH is 3. The van der Waals surface area contributed by atoms with Crippen molar-refractivity contribution in [1.82, 2.24) is 9.80 Å². The summed E-state index contributed by atoms with van der Waals surface area (Å²) in [5.74, 6) is -1.78. The molecule has 0 saturated heterocycles. The molecule has 1 aliphatic carbocycles. The summed E-state index contributed by atoms with van der Waals surface area (Å²) in [6, 6.07) is 0. The van der Waals surface area contributed by atoms with Crippen molar-refractivity contribution in [1.29, 1.82) is 0 Å². The topological polar surface area (TPSA) is 128 Å². The molecule has 0 aromatic heterocycles. The van der Waals surface area contributed by atoms with E-state index in [1.165, 1.54) is 35.5 Å². The molecule has 3 N–H and O–H groups in total. The van der Waals surface area contributed by atoms with Crippen LogP contribution in [0.3, 0.4) is 0 Å². The minimum atomic E-state index is -0.531. The van der Waals surface area contributed by atoms with Crippen molar-refractivity contribution in [2.24, 2.45) is 11.8 Å². The van der Waals surface area contributed by atoms with Crippen LogP contribution in [0, 0.1) is 11.8 Å². The van der Waals surface area contributed by atoms with Gasteiger partial charge in [-0.3, -0.25) is 14.4 Å². The van der Waals surface area contributed by atoms with Crippen LogP contribution in [0.2, 0.25) is 0 Å². The molecule has 0 aromatic rings. The highest BCUT2D eigenvalue weighted by Crippen LogP contribution is 2.33. The Morgan fingerprint density at radius 1 is 0.674 bits per heavy atom. The van der Waals surface area contributed by atoms with Gasteiger partial charge in [-0.1, -0.05) is 76.2 Å². The van der Waals surface area contributed by atoms with Crippen LogP contribution in [-0.2, 0) is 19.1 Å². The molecule has 2 amide bonds. The number of hydrogen-bond donors (Lipinski definition) is 3. The molecule has 0 heterocycles. The van der Waals surface area contributed by atoms with Crippen molar-refractivity contribution < 1.29 is 34.4 Å². The Kier molecular flexibility index (Phi) is 23.6. The molecular weight excluding hydrogens is 548 g/mol. The first-order valence-corrected chi connectivity index (χ1v) is 16.9. The van der Waals surface area contributed by atoms with E-state index < -0.39 is 11.8 Å². The third-order valence-corrected chi connectivity index (χ3v) is 8.09. The summed E-state index contributed by atoms with van der Waals surface area (Å²) in [6.07, 6.45) is 24.5. The summed E-state index contributed by atoms with van der Waals surface area (Å²) < 4.78 is 5.39. The van der Waals surface area contributed by atoms with Gasteiger partial charge in [-0.2, -0.15) is 0 Å². The number of esters is 1. The minimum absolute atomic E-state index is 0.0529. The molecule has 0 aliphatic heterocycles. The maximum atomic E-state index is 13.4. The summed E-state index contributed by atoms with van der Waals surface area (Å²) in [6.45, 7) is 2.13. The van der Waals surface area contributed by atoms with E-state index in [0.29, 0.717) is 19.3 Å². The Hall–Kier alpha value is -2.23. The first-order chi connectivity index (χ1) is 21.0. The highest BCUT2D eigenvalue weighted by molar-refractivity contribution is 5.88. The van der Waals surface area contributed by atoms with E-state index in [1.54, 1.807) is 0 Å². The lowest BCUT2D eigenvalue weighted by molar-refractivity contribution is -0.151. The van der Waals surface area contributed by atoms with Gasteiger partial charge >= 0.3 is 5.97 Å². The number of ether oxygens (including phenoxy) is 1. The Morgan fingerprint density at radius 3 is 1.70 bits per heavy atom. The summed E-state index contributed by atoms with van der Waals surface area (Å²) >= 11 is 0. The molecule has 1 saturated carbocycles. The minimum Gasteiger partial charge on any atom is -0.464 e. The number of amides is 2. The largest absolute Gasteiger partial charge is 0.464 e. The van der Waals surface area contributed by atoms with Crippen LogP contribution in [0.5, 0.6) is 0 Å². The van der Waals surface area contributed by atoms with E-state index in [-0.39, 0.29) is 70.4 Å². The zero-order chi connectivity index (χ0) is 31.5. The number of hydrogen-bond acceptors (Lipinski definition) is 7. The molecule has 1 rings (SSSR count). The van der Waals surface area contributed by atoms with Crippen molar-refractivity contribution >= 4 is 17.8 Å². The fourth-order valence-corrected chi connectivity index (χ4v) is 5.64. The van der Waals surface area contributed by atoms with E-state index in [0.717, 1.165) is 57.8 Å². The van der Waals surface area contributed by atoms with Crippen molar-refractivity contribution in [3.63, 3.8) is 0 Å². The molecule has 2 unspecified atom stereocenters. The van der Waals surface area contributed by atoms with E-state index in [9.17, 15) is 29.7 Å². The molecule has 2 atom stereocenters. The van der Waals surface area contributed by atoms with Gasteiger partial charge in [-0.15, -0.1) is 0 Å². The SMILES string of the molecule is CCCCC/C=C\C/C=C\CCCCCCCC(=O)OCCN(CCO)C(=O)C1CCCCC1C(=O)N(CCO)CCO. The van der Waals surface area contributed by atoms with Gasteiger partial charge in [0.15, 0.2) is 0 Å². The average Bonchev–Trinajstić information content (AvgIpc) is 3.01. The zero-order valence-electron chi connectivity index (χ0n) is 26.8. The van der Waals surface area contributed by atoms with Crippen molar-refractivity contribution in [2.45, 2.75) is 110 Å². The smallest absolute Gasteiger partial charge is 0.305 e. The zero-order valence-corrected chi connectivity index (χ0v) is 26.8. The summed E-state index contributed by atoms with van der Waals surface area (Å²) in [4.78, 5) is 41.8. The highest BCUT2D eigenvalue weighted by atomic mass is 16.5. The highest BCUT2D eigenvalue weighted by Gasteiger charge is 2.39. The molecule has 0 spiro atoms. The Labute approximate surface area is 260 Å². The molecule has 1 aliphatic rings. The van der Waals surface area contributed by atoms with Crippen LogP contribution < -0.4 is 0 Å². The molecule has 248 valence electrons. The van der Waals surface area contributed by atoms with Gasteiger partial charge in [-0.05, 0) is 51.4 Å². The van der Waals surface area contributed by atoms with Gasteiger partial charge in [0.1, 0.15) is 6.61 Å². The molecule has 9 heteroatoms. The van der Waals surface area contributed by atoms with Gasteiger partial charge in [0, 0.05) is 37.9 Å². The van der Waals surface area contributed by atoms with Crippen LogP contribution >= 0.6 is 0 Å². The second-order valence-electron chi connectivity index (χ2n) is 11.5. The second-order valence-corrected chi connectivity index (χ2v) is 11.5. The molecule has 0 aromatic carbocycles. The summed E-state index contributed by atoms with van der Waals surface area (Å²) in [7, 11) is 0. The van der Waals surface area contributed by atoms with Crippen LogP contribution in [0.25, 0.3) is 0 Å². The van der Waals surface area contributed by atoms with E-state index in [2.05, 4.69) is 31.2 Å². The molecule has 43 heavy (non-hydrogen) atoms. The van der Waals surface area contributed by atoms with E-state index in [4.69, 9.17) is 4.74 Å². The summed E-state index contributed by atoms with van der Waals surface area (Å²) in [5.41, 5.74) is 0. The van der Waals surface area contributed by atoms with E-state index in [1.807, 2.05) is 0 Å². The Bertz CT molecular complexity index is 796. The molecule has 0 radical (unpaired) electrons. The third-order valence-electron chi connectivity index (χ3n) is 8.09. The number of carbonyl (C=O) groups excluding carboxylic acids is 3. The maximum Gasteiger partial charge on any atom is 0.305 e.